The van der Waals surface area contributed by atoms with Gasteiger partial charge >= 0.3 is 0 Å². The van der Waals surface area contributed by atoms with Gasteiger partial charge in [-0.3, -0.25) is 0 Å². The van der Waals surface area contributed by atoms with Crippen LogP contribution in [0.1, 0.15) is 56.7 Å². The highest BCUT2D eigenvalue weighted by molar-refractivity contribution is 5.35. The van der Waals surface area contributed by atoms with E-state index in [2.05, 4.69) is 44.3 Å². The first kappa shape index (κ1) is 14.6. The molecule has 0 unspecified atom stereocenters. The maximum atomic E-state index is 3.44. The van der Waals surface area contributed by atoms with Gasteiger partial charge in [-0.2, -0.15) is 0 Å². The lowest BCUT2D eigenvalue weighted by atomic mass is 9.83. The lowest BCUT2D eigenvalue weighted by Crippen LogP contribution is -2.22. The number of fused-ring (bicyclic) bond motifs is 1. The Morgan fingerprint density at radius 1 is 1.11 bits per heavy atom. The molecule has 1 nitrogen and oxygen atoms in total. The average molecular weight is 259 g/mol. The number of rotatable bonds is 7. The molecule has 0 saturated heterocycles. The van der Waals surface area contributed by atoms with Crippen LogP contribution in [0.4, 0.5) is 0 Å². The van der Waals surface area contributed by atoms with Gasteiger partial charge in [-0.15, -0.1) is 0 Å². The third-order valence-electron chi connectivity index (χ3n) is 4.48. The van der Waals surface area contributed by atoms with E-state index in [9.17, 15) is 0 Å². The van der Waals surface area contributed by atoms with Crippen LogP contribution in [0, 0.1) is 5.41 Å². The van der Waals surface area contributed by atoms with E-state index in [4.69, 9.17) is 0 Å². The number of hydrogen-bond donors (Lipinski definition) is 1. The molecule has 0 aromatic heterocycles. The van der Waals surface area contributed by atoms with Crippen molar-refractivity contribution < 1.29 is 0 Å². The van der Waals surface area contributed by atoms with Crippen molar-refractivity contribution in [3.8, 4) is 0 Å². The van der Waals surface area contributed by atoms with E-state index < -0.39 is 0 Å². The van der Waals surface area contributed by atoms with Crippen LogP contribution in [-0.4, -0.2) is 13.1 Å². The van der Waals surface area contributed by atoms with Gasteiger partial charge in [0.1, 0.15) is 0 Å². The highest BCUT2D eigenvalue weighted by Crippen LogP contribution is 2.28. The van der Waals surface area contributed by atoms with E-state index in [1.165, 1.54) is 44.1 Å². The molecule has 0 aliphatic heterocycles. The summed E-state index contributed by atoms with van der Waals surface area (Å²) >= 11 is 0. The fraction of sp³-hybridized carbons (Fsp3) is 0.667. The molecule has 0 heterocycles. The molecule has 0 bridgehead atoms. The van der Waals surface area contributed by atoms with E-state index in [1.54, 1.807) is 11.1 Å². The summed E-state index contributed by atoms with van der Waals surface area (Å²) in [4.78, 5) is 0. The van der Waals surface area contributed by atoms with Gasteiger partial charge in [0.05, 0.1) is 0 Å². The van der Waals surface area contributed by atoms with Crippen molar-refractivity contribution >= 4 is 0 Å². The zero-order valence-corrected chi connectivity index (χ0v) is 12.9. The summed E-state index contributed by atoms with van der Waals surface area (Å²) in [5, 5.41) is 3.44. The molecule has 1 N–H and O–H groups in total. The SMILES string of the molecule is CCNCCC(C)(C)CCc1ccc2c(c1)CCC2. The van der Waals surface area contributed by atoms with Crippen molar-refractivity contribution in [3.05, 3.63) is 34.9 Å². The van der Waals surface area contributed by atoms with Crippen molar-refractivity contribution in [1.82, 2.24) is 5.32 Å². The van der Waals surface area contributed by atoms with Gasteiger partial charge in [0.2, 0.25) is 0 Å². The minimum atomic E-state index is 0.446. The average Bonchev–Trinajstić information content (AvgIpc) is 2.84. The molecule has 106 valence electrons. The number of nitrogens with one attached hydrogen (secondary N) is 1. The Morgan fingerprint density at radius 3 is 2.68 bits per heavy atom. The van der Waals surface area contributed by atoms with Crippen molar-refractivity contribution in [2.75, 3.05) is 13.1 Å². The first-order valence-corrected chi connectivity index (χ1v) is 7.92. The molecular weight excluding hydrogens is 230 g/mol. The summed E-state index contributed by atoms with van der Waals surface area (Å²) in [5.74, 6) is 0. The van der Waals surface area contributed by atoms with E-state index >= 15 is 0 Å². The lowest BCUT2D eigenvalue weighted by molar-refractivity contribution is 0.303. The Morgan fingerprint density at radius 2 is 1.89 bits per heavy atom. The number of hydrogen-bond acceptors (Lipinski definition) is 1. The van der Waals surface area contributed by atoms with Gasteiger partial charge in [0.25, 0.3) is 0 Å². The van der Waals surface area contributed by atoms with Crippen LogP contribution >= 0.6 is 0 Å². The molecule has 0 fully saturated rings. The number of aryl methyl sites for hydroxylation is 3. The van der Waals surface area contributed by atoms with Crippen molar-refractivity contribution in [2.45, 2.75) is 59.3 Å². The zero-order valence-electron chi connectivity index (χ0n) is 12.9. The normalized spacial score (nSPS) is 14.7. The Hall–Kier alpha value is -0.820. The second-order valence-corrected chi connectivity index (χ2v) is 6.72. The summed E-state index contributed by atoms with van der Waals surface area (Å²) in [6.07, 6.45) is 7.74. The molecule has 1 aromatic rings. The molecule has 19 heavy (non-hydrogen) atoms. The standard InChI is InChI=1S/C18H29N/c1-4-19-13-12-18(2,3)11-10-15-8-9-16-6-5-7-17(16)14-15/h8-9,14,19H,4-7,10-13H2,1-3H3. The molecular formula is C18H29N. The fourth-order valence-corrected chi connectivity index (χ4v) is 2.99. The van der Waals surface area contributed by atoms with E-state index in [0.717, 1.165) is 13.1 Å². The maximum Gasteiger partial charge on any atom is -0.00439 e. The first-order valence-electron chi connectivity index (χ1n) is 7.92. The predicted octanol–water partition coefficient (Wildman–Crippen LogP) is 4.13. The van der Waals surface area contributed by atoms with Crippen LogP contribution in [0.2, 0.25) is 0 Å². The van der Waals surface area contributed by atoms with Gasteiger partial charge in [-0.1, -0.05) is 39.0 Å². The molecule has 0 saturated carbocycles. The van der Waals surface area contributed by atoms with Gasteiger partial charge in [0, 0.05) is 0 Å². The van der Waals surface area contributed by atoms with Gasteiger partial charge in [-0.05, 0) is 73.7 Å². The quantitative estimate of drug-likeness (QED) is 0.726. The molecule has 0 spiro atoms. The predicted molar refractivity (Wildman–Crippen MR) is 83.7 cm³/mol. The summed E-state index contributed by atoms with van der Waals surface area (Å²) in [6, 6.07) is 7.18. The Bertz CT molecular complexity index is 406. The molecule has 0 radical (unpaired) electrons. The summed E-state index contributed by atoms with van der Waals surface area (Å²) in [6.45, 7) is 9.21. The third kappa shape index (κ3) is 4.35. The molecule has 0 atom stereocenters. The molecule has 2 rings (SSSR count). The molecule has 1 aliphatic carbocycles. The van der Waals surface area contributed by atoms with Crippen LogP contribution in [0.15, 0.2) is 18.2 Å². The van der Waals surface area contributed by atoms with Crippen molar-refractivity contribution in [2.24, 2.45) is 5.41 Å². The highest BCUT2D eigenvalue weighted by atomic mass is 14.8. The van der Waals surface area contributed by atoms with Gasteiger partial charge in [-0.25, -0.2) is 0 Å². The van der Waals surface area contributed by atoms with Crippen LogP contribution in [0.5, 0.6) is 0 Å². The minimum Gasteiger partial charge on any atom is -0.317 e. The van der Waals surface area contributed by atoms with Gasteiger partial charge in [0.15, 0.2) is 0 Å². The van der Waals surface area contributed by atoms with Crippen molar-refractivity contribution in [1.29, 1.82) is 0 Å². The molecule has 1 heteroatoms. The van der Waals surface area contributed by atoms with Crippen molar-refractivity contribution in [3.63, 3.8) is 0 Å². The zero-order chi connectivity index (χ0) is 13.7. The van der Waals surface area contributed by atoms with Gasteiger partial charge < -0.3 is 5.32 Å². The lowest BCUT2D eigenvalue weighted by Gasteiger charge is -2.25. The second kappa shape index (κ2) is 6.56. The van der Waals surface area contributed by atoms with Crippen LogP contribution in [-0.2, 0) is 19.3 Å². The Balaban J connectivity index is 1.84. The highest BCUT2D eigenvalue weighted by Gasteiger charge is 2.18. The second-order valence-electron chi connectivity index (χ2n) is 6.72. The topological polar surface area (TPSA) is 12.0 Å². The number of benzene rings is 1. The summed E-state index contributed by atoms with van der Waals surface area (Å²) in [5.41, 5.74) is 5.19. The molecule has 1 aromatic carbocycles. The summed E-state index contributed by atoms with van der Waals surface area (Å²) in [7, 11) is 0. The minimum absolute atomic E-state index is 0.446. The molecule has 0 amide bonds. The largest absolute Gasteiger partial charge is 0.317 e. The monoisotopic (exact) mass is 259 g/mol. The summed E-state index contributed by atoms with van der Waals surface area (Å²) < 4.78 is 0. The van der Waals surface area contributed by atoms with Crippen LogP contribution in [0.25, 0.3) is 0 Å². The Kier molecular flexibility index (Phi) is 5.04. The fourth-order valence-electron chi connectivity index (χ4n) is 2.99. The van der Waals surface area contributed by atoms with Crippen LogP contribution in [0.3, 0.4) is 0 Å². The smallest absolute Gasteiger partial charge is 0.00439 e. The maximum absolute atomic E-state index is 3.44. The van der Waals surface area contributed by atoms with E-state index in [-0.39, 0.29) is 0 Å². The van der Waals surface area contributed by atoms with E-state index in [0.29, 0.717) is 5.41 Å². The Labute approximate surface area is 118 Å². The van der Waals surface area contributed by atoms with Crippen LogP contribution < -0.4 is 5.32 Å². The molecule has 1 aliphatic rings. The van der Waals surface area contributed by atoms with E-state index in [1.807, 2.05) is 0 Å². The third-order valence-corrected chi connectivity index (χ3v) is 4.48. The first-order chi connectivity index (χ1) is 9.11.